The Morgan fingerprint density at radius 2 is 1.91 bits per heavy atom. The number of aromatic nitrogens is 6. The Morgan fingerprint density at radius 3 is 2.44 bits per heavy atom. The molecule has 3 aromatic rings. The SMILES string of the molecule is O=C(O)c1nc(=O)[nH]c(=O)[nH]1.O=c1[nH]c(=O)n(C2CCCO2)cc1F.O=c1cc(O)c(Cl)c[nH]1. The van der Waals surface area contributed by atoms with Crippen LogP contribution in [0, 0.1) is 5.82 Å². The lowest BCUT2D eigenvalue weighted by Gasteiger charge is -2.11. The lowest BCUT2D eigenvalue weighted by molar-refractivity contribution is 0.0517. The quantitative estimate of drug-likeness (QED) is 0.247. The average Bonchev–Trinajstić information content (AvgIpc) is 3.28. The second kappa shape index (κ2) is 11.5. The van der Waals surface area contributed by atoms with Crippen molar-refractivity contribution in [3.63, 3.8) is 0 Å². The number of aromatic carboxylic acids is 1. The third-order valence-electron chi connectivity index (χ3n) is 3.86. The van der Waals surface area contributed by atoms with E-state index < -0.39 is 46.5 Å². The molecule has 1 atom stereocenters. The molecule has 0 radical (unpaired) electrons. The number of carboxylic acid groups (broad SMARTS) is 1. The molecule has 0 aliphatic carbocycles. The van der Waals surface area contributed by atoms with Crippen LogP contribution >= 0.6 is 11.6 Å². The number of aromatic hydroxyl groups is 1. The van der Waals surface area contributed by atoms with Crippen molar-refractivity contribution in [3.8, 4) is 5.75 Å². The average molecular weight is 503 g/mol. The van der Waals surface area contributed by atoms with Gasteiger partial charge in [-0.05, 0) is 12.8 Å². The summed E-state index contributed by atoms with van der Waals surface area (Å²) >= 11 is 5.36. The number of carboxylic acids is 1. The molecular weight excluding hydrogens is 487 g/mol. The van der Waals surface area contributed by atoms with Crippen LogP contribution in [0.3, 0.4) is 0 Å². The molecule has 17 heteroatoms. The fraction of sp³-hybridized carbons (Fsp3) is 0.235. The number of ether oxygens (including phenoxy) is 1. The lowest BCUT2D eigenvalue weighted by atomic mass is 10.3. The van der Waals surface area contributed by atoms with E-state index in [4.69, 9.17) is 26.6 Å². The number of rotatable bonds is 2. The van der Waals surface area contributed by atoms with E-state index in [1.165, 1.54) is 6.20 Å². The summed E-state index contributed by atoms with van der Waals surface area (Å²) in [6, 6.07) is 1.02. The van der Waals surface area contributed by atoms with Crippen molar-refractivity contribution in [3.05, 3.63) is 87.3 Å². The fourth-order valence-corrected chi connectivity index (χ4v) is 2.50. The summed E-state index contributed by atoms with van der Waals surface area (Å²) in [7, 11) is 0. The molecule has 1 unspecified atom stereocenters. The summed E-state index contributed by atoms with van der Waals surface area (Å²) < 4.78 is 19.1. The smallest absolute Gasteiger partial charge is 0.372 e. The van der Waals surface area contributed by atoms with Crippen LogP contribution in [-0.4, -0.2) is 52.3 Å². The van der Waals surface area contributed by atoms with Crippen molar-refractivity contribution < 1.29 is 24.1 Å². The topological polar surface area (TPSA) is 233 Å². The van der Waals surface area contributed by atoms with Gasteiger partial charge in [0.2, 0.25) is 11.6 Å². The zero-order chi connectivity index (χ0) is 25.4. The number of nitrogens with one attached hydrogen (secondary N) is 4. The van der Waals surface area contributed by atoms with Gasteiger partial charge in [-0.1, -0.05) is 11.6 Å². The predicted octanol–water partition coefficient (Wildman–Crippen LogP) is -1.13. The summed E-state index contributed by atoms with van der Waals surface area (Å²) in [5, 5.41) is 17.1. The minimum atomic E-state index is -1.45. The molecule has 4 rings (SSSR count). The first-order chi connectivity index (χ1) is 16.0. The molecule has 1 fully saturated rings. The van der Waals surface area contributed by atoms with E-state index >= 15 is 0 Å². The normalized spacial score (nSPS) is 14.4. The molecule has 15 nitrogen and oxygen atoms in total. The van der Waals surface area contributed by atoms with Gasteiger partial charge in [0, 0.05) is 18.9 Å². The van der Waals surface area contributed by atoms with Crippen molar-refractivity contribution in [2.24, 2.45) is 0 Å². The van der Waals surface area contributed by atoms with Crippen molar-refractivity contribution >= 4 is 17.6 Å². The van der Waals surface area contributed by atoms with E-state index in [2.05, 4.69) is 9.97 Å². The van der Waals surface area contributed by atoms with Crippen molar-refractivity contribution in [1.82, 2.24) is 29.5 Å². The van der Waals surface area contributed by atoms with Gasteiger partial charge in [-0.15, -0.1) is 0 Å². The Bertz CT molecular complexity index is 1420. The second-order valence-corrected chi connectivity index (χ2v) is 6.70. The minimum absolute atomic E-state index is 0.148. The zero-order valence-electron chi connectivity index (χ0n) is 16.8. The molecule has 6 N–H and O–H groups in total. The number of pyridine rings is 1. The minimum Gasteiger partial charge on any atom is -0.506 e. The zero-order valence-corrected chi connectivity index (χ0v) is 17.6. The van der Waals surface area contributed by atoms with Crippen LogP contribution in [0.4, 0.5) is 4.39 Å². The van der Waals surface area contributed by atoms with Gasteiger partial charge in [0.15, 0.2) is 0 Å². The van der Waals surface area contributed by atoms with Crippen LogP contribution in [-0.2, 0) is 4.74 Å². The summed E-state index contributed by atoms with van der Waals surface area (Å²) in [5.74, 6) is -3.28. The number of aromatic amines is 4. The van der Waals surface area contributed by atoms with Gasteiger partial charge < -0.3 is 19.9 Å². The highest BCUT2D eigenvalue weighted by atomic mass is 35.5. The molecule has 1 saturated heterocycles. The highest BCUT2D eigenvalue weighted by molar-refractivity contribution is 6.31. The standard InChI is InChI=1S/C8H9FN2O3.C5H4ClNO2.C4H3N3O4/c9-5-4-11(6-2-1-3-14-6)8(13)10-7(5)12;6-3-2-7-5(9)1-4(3)8;8-2(9)1-5-3(10)7-4(11)6-1/h4,6H,1-3H2,(H,10,12,13);1-2H,(H2,7,8,9);(H,8,9)(H2,5,6,7,10,11). The maximum atomic E-state index is 12.9. The maximum absolute atomic E-state index is 12.9. The van der Waals surface area contributed by atoms with Crippen molar-refractivity contribution in [1.29, 1.82) is 0 Å². The summed E-state index contributed by atoms with van der Waals surface area (Å²) in [6.45, 7) is 0.553. The Hall–Kier alpha value is -4.31. The van der Waals surface area contributed by atoms with Gasteiger partial charge in [-0.25, -0.2) is 19.2 Å². The highest BCUT2D eigenvalue weighted by Gasteiger charge is 2.19. The van der Waals surface area contributed by atoms with Gasteiger partial charge in [-0.2, -0.15) is 9.37 Å². The summed E-state index contributed by atoms with van der Waals surface area (Å²) in [4.78, 5) is 73.9. The molecule has 3 aromatic heterocycles. The van der Waals surface area contributed by atoms with Crippen LogP contribution in [0.15, 0.2) is 42.4 Å². The molecular formula is C17H16ClFN6O9. The van der Waals surface area contributed by atoms with Gasteiger partial charge in [0.05, 0.1) is 11.2 Å². The largest absolute Gasteiger partial charge is 0.506 e. The first-order valence-corrected chi connectivity index (χ1v) is 9.49. The van der Waals surface area contributed by atoms with Crippen molar-refractivity contribution in [2.45, 2.75) is 19.1 Å². The van der Waals surface area contributed by atoms with Crippen molar-refractivity contribution in [2.75, 3.05) is 6.61 Å². The molecule has 0 spiro atoms. The molecule has 34 heavy (non-hydrogen) atoms. The van der Waals surface area contributed by atoms with Crippen LogP contribution < -0.4 is 28.2 Å². The van der Waals surface area contributed by atoms with Crippen LogP contribution in [0.25, 0.3) is 0 Å². The van der Waals surface area contributed by atoms with Gasteiger partial charge >= 0.3 is 23.0 Å². The number of hydrogen-bond acceptors (Lipinski definition) is 9. The number of H-pyrrole nitrogens is 4. The first-order valence-electron chi connectivity index (χ1n) is 9.11. The molecule has 182 valence electrons. The number of nitrogens with zero attached hydrogens (tertiary/aromatic N) is 2. The molecule has 0 aromatic carbocycles. The highest BCUT2D eigenvalue weighted by Crippen LogP contribution is 2.20. The van der Waals surface area contributed by atoms with Gasteiger partial charge in [0.1, 0.15) is 12.0 Å². The summed E-state index contributed by atoms with van der Waals surface area (Å²) in [6.07, 6.45) is 3.16. The third kappa shape index (κ3) is 7.38. The van der Waals surface area contributed by atoms with E-state index in [1.54, 1.807) is 4.98 Å². The summed E-state index contributed by atoms with van der Waals surface area (Å²) in [5.41, 5.74) is -3.86. The number of halogens is 2. The number of carbonyl (C=O) groups is 1. The second-order valence-electron chi connectivity index (χ2n) is 6.29. The fourth-order valence-electron chi connectivity index (χ4n) is 2.39. The Morgan fingerprint density at radius 1 is 1.21 bits per heavy atom. The van der Waals surface area contributed by atoms with Crippen LogP contribution in [0.2, 0.25) is 5.02 Å². The number of hydrogen-bond donors (Lipinski definition) is 6. The molecule has 1 aliphatic heterocycles. The van der Waals surface area contributed by atoms with Crippen LogP contribution in [0.1, 0.15) is 29.7 Å². The lowest BCUT2D eigenvalue weighted by Crippen LogP contribution is -2.33. The van der Waals surface area contributed by atoms with Gasteiger partial charge in [-0.3, -0.25) is 29.1 Å². The Kier molecular flexibility index (Phi) is 8.79. The van der Waals surface area contributed by atoms with E-state index in [0.29, 0.717) is 13.0 Å². The first kappa shape index (κ1) is 25.9. The van der Waals surface area contributed by atoms with E-state index in [0.717, 1.165) is 23.3 Å². The maximum Gasteiger partial charge on any atom is 0.372 e. The molecule has 1 aliphatic rings. The molecule has 0 saturated carbocycles. The molecule has 0 bridgehead atoms. The van der Waals surface area contributed by atoms with E-state index in [9.17, 15) is 33.2 Å². The van der Waals surface area contributed by atoms with Gasteiger partial charge in [0.25, 0.3) is 11.1 Å². The van der Waals surface area contributed by atoms with Crippen LogP contribution in [0.5, 0.6) is 5.75 Å². The molecule has 0 amide bonds. The third-order valence-corrected chi connectivity index (χ3v) is 4.16. The monoisotopic (exact) mass is 502 g/mol. The molecule has 4 heterocycles. The van der Waals surface area contributed by atoms with E-state index in [-0.39, 0.29) is 16.3 Å². The predicted molar refractivity (Wildman–Crippen MR) is 112 cm³/mol. The Balaban J connectivity index is 0.000000185. The Labute approximate surface area is 190 Å². The van der Waals surface area contributed by atoms with E-state index in [1.807, 2.05) is 9.97 Å².